The van der Waals surface area contributed by atoms with Crippen LogP contribution in [0, 0.1) is 25.2 Å². The molecule has 2 aliphatic rings. The number of fused-ring (bicyclic) bond motifs is 3. The number of aryl methyl sites for hydroxylation is 1. The van der Waals surface area contributed by atoms with Gasteiger partial charge < -0.3 is 0 Å². The second-order valence-electron chi connectivity index (χ2n) is 7.29. The summed E-state index contributed by atoms with van der Waals surface area (Å²) in [5.74, 6) is 3.66. The number of hydrogen-bond donors (Lipinski definition) is 0. The van der Waals surface area contributed by atoms with Crippen molar-refractivity contribution < 1.29 is 4.79 Å². The number of nitrogens with zero attached hydrogens (tertiary/aromatic N) is 1. The fourth-order valence-electron chi connectivity index (χ4n) is 4.65. The van der Waals surface area contributed by atoms with E-state index in [0.29, 0.717) is 17.7 Å². The van der Waals surface area contributed by atoms with Crippen LogP contribution in [0.1, 0.15) is 55.7 Å². The van der Waals surface area contributed by atoms with Gasteiger partial charge in [-0.05, 0) is 68.0 Å². The number of carbonyl (C=O) groups excluding carboxylic acids is 1. The van der Waals surface area contributed by atoms with Crippen LogP contribution in [0.3, 0.4) is 0 Å². The molecule has 126 valence electrons. The number of carbonyl (C=O) groups is 1. The number of rotatable bonds is 3. The van der Waals surface area contributed by atoms with Gasteiger partial charge in [0.2, 0.25) is 0 Å². The lowest BCUT2D eigenvalue weighted by Crippen LogP contribution is -2.50. The zero-order valence-electron chi connectivity index (χ0n) is 15.0. The van der Waals surface area contributed by atoms with Crippen LogP contribution in [-0.4, -0.2) is 29.8 Å². The summed E-state index contributed by atoms with van der Waals surface area (Å²) in [4.78, 5) is 14.6. The summed E-state index contributed by atoms with van der Waals surface area (Å²) in [5.41, 5.74) is 5.30. The van der Waals surface area contributed by atoms with Crippen LogP contribution in [0.2, 0.25) is 0 Å². The van der Waals surface area contributed by atoms with E-state index in [9.17, 15) is 4.79 Å². The molecule has 1 aliphatic carbocycles. The summed E-state index contributed by atoms with van der Waals surface area (Å²) >= 11 is 0. The highest BCUT2D eigenvalue weighted by Gasteiger charge is 2.42. The first kappa shape index (κ1) is 17.0. The molecule has 2 nitrogen and oxygen atoms in total. The van der Waals surface area contributed by atoms with Crippen LogP contribution in [0.4, 0.5) is 0 Å². The van der Waals surface area contributed by atoms with Crippen molar-refractivity contribution >= 4 is 11.4 Å². The Morgan fingerprint density at radius 2 is 2.25 bits per heavy atom. The molecule has 0 amide bonds. The average Bonchev–Trinajstić information content (AvgIpc) is 2.55. The Labute approximate surface area is 145 Å². The van der Waals surface area contributed by atoms with Crippen LogP contribution in [0.15, 0.2) is 24.3 Å². The molecule has 0 aromatic heterocycles. The number of likely N-dealkylation sites (tertiary alicyclic amines) is 1. The zero-order valence-corrected chi connectivity index (χ0v) is 15.0. The molecule has 1 unspecified atom stereocenters. The Morgan fingerprint density at radius 1 is 1.46 bits per heavy atom. The van der Waals surface area contributed by atoms with Crippen molar-refractivity contribution in [1.29, 1.82) is 0 Å². The Bertz CT molecular complexity index is 709. The van der Waals surface area contributed by atoms with Crippen molar-refractivity contribution in [3.8, 4) is 12.3 Å². The number of ketones is 1. The predicted octanol–water partition coefficient (Wildman–Crippen LogP) is 4.19. The maximum atomic E-state index is 12.1. The molecule has 1 fully saturated rings. The molecular weight excluding hydrogens is 294 g/mol. The average molecular weight is 321 g/mol. The smallest absolute Gasteiger partial charge is 0.134 e. The first-order chi connectivity index (χ1) is 11.6. The summed E-state index contributed by atoms with van der Waals surface area (Å²) in [6, 6.07) is 7.02. The van der Waals surface area contributed by atoms with Crippen molar-refractivity contribution in [1.82, 2.24) is 4.90 Å². The molecule has 0 saturated carbocycles. The highest BCUT2D eigenvalue weighted by Crippen LogP contribution is 2.47. The van der Waals surface area contributed by atoms with Gasteiger partial charge in [-0.1, -0.05) is 31.0 Å². The summed E-state index contributed by atoms with van der Waals surface area (Å²) in [6.07, 6.45) is 10.6. The first-order valence-corrected chi connectivity index (χ1v) is 9.06. The molecule has 0 radical (unpaired) electrons. The minimum Gasteiger partial charge on any atom is -0.300 e. The van der Waals surface area contributed by atoms with Crippen molar-refractivity contribution in [3.05, 3.63) is 41.0 Å². The van der Waals surface area contributed by atoms with Crippen LogP contribution in [-0.2, 0) is 4.79 Å². The molecule has 1 heterocycles. The molecule has 3 atom stereocenters. The van der Waals surface area contributed by atoms with E-state index in [1.54, 1.807) is 6.92 Å². The molecule has 0 N–H and O–H groups in total. The van der Waals surface area contributed by atoms with Gasteiger partial charge in [0, 0.05) is 24.4 Å². The van der Waals surface area contributed by atoms with Crippen LogP contribution in [0.25, 0.3) is 5.57 Å². The predicted molar refractivity (Wildman–Crippen MR) is 99.8 cm³/mol. The lowest BCUT2D eigenvalue weighted by molar-refractivity contribution is -0.123. The standard InChI is InChI=1S/C22H27NO/c1-5-8-17-13-21-20(19-10-7-9-15(3)22(17)19)12-18(16(4)24)14-23(21)11-6-2/h1,7-10,18,20-21H,6,11-14H2,2-4H3/b17-8-/t18-,20?,21-/m1/s1. The highest BCUT2D eigenvalue weighted by atomic mass is 16.1. The second-order valence-corrected chi connectivity index (χ2v) is 7.29. The third-order valence-electron chi connectivity index (χ3n) is 5.72. The van der Waals surface area contributed by atoms with Gasteiger partial charge in [0.05, 0.1) is 0 Å². The monoisotopic (exact) mass is 321 g/mol. The molecule has 1 saturated heterocycles. The molecule has 1 aliphatic heterocycles. The van der Waals surface area contributed by atoms with Gasteiger partial charge in [0.1, 0.15) is 5.78 Å². The lowest BCUT2D eigenvalue weighted by atomic mass is 9.68. The van der Waals surface area contributed by atoms with Gasteiger partial charge in [-0.25, -0.2) is 0 Å². The van der Waals surface area contributed by atoms with Crippen LogP contribution in [0.5, 0.6) is 0 Å². The first-order valence-electron chi connectivity index (χ1n) is 9.06. The van der Waals surface area contributed by atoms with Gasteiger partial charge in [-0.2, -0.15) is 0 Å². The summed E-state index contributed by atoms with van der Waals surface area (Å²) in [5, 5.41) is 0. The molecule has 1 aromatic carbocycles. The van der Waals surface area contributed by atoms with Gasteiger partial charge in [-0.15, -0.1) is 6.42 Å². The normalized spacial score (nSPS) is 28.1. The van der Waals surface area contributed by atoms with E-state index in [1.807, 2.05) is 6.08 Å². The van der Waals surface area contributed by atoms with Crippen molar-refractivity contribution in [2.45, 2.75) is 52.0 Å². The topological polar surface area (TPSA) is 20.3 Å². The van der Waals surface area contributed by atoms with Gasteiger partial charge in [-0.3, -0.25) is 9.69 Å². The lowest BCUT2D eigenvalue weighted by Gasteiger charge is -2.48. The quantitative estimate of drug-likeness (QED) is 0.778. The van der Waals surface area contributed by atoms with E-state index >= 15 is 0 Å². The van der Waals surface area contributed by atoms with Crippen LogP contribution >= 0.6 is 0 Å². The second kappa shape index (κ2) is 6.95. The van der Waals surface area contributed by atoms with Crippen LogP contribution < -0.4 is 0 Å². The summed E-state index contributed by atoms with van der Waals surface area (Å²) < 4.78 is 0. The zero-order chi connectivity index (χ0) is 17.3. The number of terminal acetylenes is 1. The molecule has 3 rings (SSSR count). The SMILES string of the molecule is C#C/C=C1/C[C@@H]2C(C[C@@H](C(C)=O)CN2CCC)c2cccc(C)c21. The maximum Gasteiger partial charge on any atom is 0.134 e. The summed E-state index contributed by atoms with van der Waals surface area (Å²) in [6.45, 7) is 8.08. The molecular formula is C22H27NO. The number of piperidine rings is 1. The molecule has 24 heavy (non-hydrogen) atoms. The van der Waals surface area contributed by atoms with E-state index < -0.39 is 0 Å². The van der Waals surface area contributed by atoms with E-state index in [0.717, 1.165) is 32.4 Å². The Balaban J connectivity index is 2.09. The minimum absolute atomic E-state index is 0.157. The molecule has 2 heteroatoms. The molecule has 0 spiro atoms. The minimum atomic E-state index is 0.157. The third kappa shape index (κ3) is 2.94. The van der Waals surface area contributed by atoms with E-state index in [2.05, 4.69) is 42.9 Å². The molecule has 1 aromatic rings. The van der Waals surface area contributed by atoms with Gasteiger partial charge >= 0.3 is 0 Å². The van der Waals surface area contributed by atoms with Crippen molar-refractivity contribution in [3.63, 3.8) is 0 Å². The Kier molecular flexibility index (Phi) is 4.92. The van der Waals surface area contributed by atoms with E-state index in [-0.39, 0.29) is 5.92 Å². The van der Waals surface area contributed by atoms with Crippen molar-refractivity contribution in [2.75, 3.05) is 13.1 Å². The maximum absolute atomic E-state index is 12.1. The third-order valence-corrected chi connectivity index (χ3v) is 5.72. The largest absolute Gasteiger partial charge is 0.300 e. The number of benzene rings is 1. The van der Waals surface area contributed by atoms with Gasteiger partial charge in [0.15, 0.2) is 0 Å². The van der Waals surface area contributed by atoms with E-state index in [1.165, 1.54) is 22.3 Å². The fraction of sp³-hybridized carbons (Fsp3) is 0.500. The highest BCUT2D eigenvalue weighted by molar-refractivity contribution is 5.80. The number of Topliss-reactive ketones (excluding diaryl/α,β-unsaturated/α-hetero) is 1. The molecule has 0 bridgehead atoms. The summed E-state index contributed by atoms with van der Waals surface area (Å²) in [7, 11) is 0. The Hall–Kier alpha value is -1.85. The number of allylic oxidation sites excluding steroid dienone is 1. The van der Waals surface area contributed by atoms with E-state index in [4.69, 9.17) is 6.42 Å². The van der Waals surface area contributed by atoms with Crippen molar-refractivity contribution in [2.24, 2.45) is 5.92 Å². The number of hydrogen-bond acceptors (Lipinski definition) is 2. The fourth-order valence-corrected chi connectivity index (χ4v) is 4.65. The van der Waals surface area contributed by atoms with Gasteiger partial charge in [0.25, 0.3) is 0 Å². The Morgan fingerprint density at radius 3 is 2.92 bits per heavy atom.